The standard InChI is InChI=1S/C10H19F3N2O/c1-15(5-4-10(11,12)13)8-2-3-9(14,6-8)7-16/h8,16H,2-7,14H2,1H3. The van der Waals surface area contributed by atoms with E-state index in [-0.39, 0.29) is 19.2 Å². The summed E-state index contributed by atoms with van der Waals surface area (Å²) in [7, 11) is 1.68. The number of halogens is 3. The first-order valence-electron chi connectivity index (χ1n) is 5.42. The molecule has 0 radical (unpaired) electrons. The lowest BCUT2D eigenvalue weighted by molar-refractivity contribution is -0.138. The minimum absolute atomic E-state index is 0.00429. The second kappa shape index (κ2) is 4.89. The Morgan fingerprint density at radius 2 is 2.12 bits per heavy atom. The van der Waals surface area contributed by atoms with Crippen molar-refractivity contribution in [2.24, 2.45) is 5.73 Å². The first-order valence-corrected chi connectivity index (χ1v) is 5.42. The second-order valence-electron chi connectivity index (χ2n) is 4.76. The lowest BCUT2D eigenvalue weighted by Gasteiger charge is -2.27. The number of rotatable bonds is 4. The summed E-state index contributed by atoms with van der Waals surface area (Å²) in [5.41, 5.74) is 5.27. The van der Waals surface area contributed by atoms with Crippen LogP contribution in [0.15, 0.2) is 0 Å². The molecule has 0 aromatic rings. The number of aliphatic hydroxyl groups is 1. The minimum atomic E-state index is -4.11. The largest absolute Gasteiger partial charge is 0.394 e. The van der Waals surface area contributed by atoms with Crippen LogP contribution in [0.3, 0.4) is 0 Å². The van der Waals surface area contributed by atoms with Crippen molar-refractivity contribution in [1.82, 2.24) is 4.90 Å². The molecule has 0 aromatic carbocycles. The van der Waals surface area contributed by atoms with E-state index in [4.69, 9.17) is 10.8 Å². The molecule has 6 heteroatoms. The Kier molecular flexibility index (Phi) is 4.20. The zero-order valence-electron chi connectivity index (χ0n) is 9.43. The van der Waals surface area contributed by atoms with Gasteiger partial charge < -0.3 is 15.7 Å². The van der Waals surface area contributed by atoms with Crippen molar-refractivity contribution in [1.29, 1.82) is 0 Å². The third-order valence-electron chi connectivity index (χ3n) is 3.30. The summed E-state index contributed by atoms with van der Waals surface area (Å²) in [5, 5.41) is 9.06. The molecule has 0 aromatic heterocycles. The Balaban J connectivity index is 2.37. The Labute approximate surface area is 93.4 Å². The topological polar surface area (TPSA) is 49.5 Å². The molecule has 2 unspecified atom stereocenters. The average Bonchev–Trinajstić information content (AvgIpc) is 2.57. The van der Waals surface area contributed by atoms with Crippen LogP contribution in [0.25, 0.3) is 0 Å². The zero-order valence-corrected chi connectivity index (χ0v) is 9.43. The van der Waals surface area contributed by atoms with E-state index in [9.17, 15) is 13.2 Å². The van der Waals surface area contributed by atoms with Crippen LogP contribution in [0, 0.1) is 0 Å². The van der Waals surface area contributed by atoms with Gasteiger partial charge in [0.05, 0.1) is 13.0 Å². The van der Waals surface area contributed by atoms with Gasteiger partial charge in [0.15, 0.2) is 0 Å². The van der Waals surface area contributed by atoms with Gasteiger partial charge >= 0.3 is 6.18 Å². The van der Waals surface area contributed by atoms with E-state index in [1.54, 1.807) is 11.9 Å². The van der Waals surface area contributed by atoms with Crippen molar-refractivity contribution in [3.8, 4) is 0 Å². The minimum Gasteiger partial charge on any atom is -0.394 e. The SMILES string of the molecule is CN(CCC(F)(F)F)C1CCC(N)(CO)C1. The number of alkyl halides is 3. The Bertz CT molecular complexity index is 235. The van der Waals surface area contributed by atoms with Crippen LogP contribution in [0.1, 0.15) is 25.7 Å². The van der Waals surface area contributed by atoms with Crippen LogP contribution in [-0.4, -0.2) is 48.0 Å². The maximum atomic E-state index is 12.0. The number of hydrogen-bond donors (Lipinski definition) is 2. The first-order chi connectivity index (χ1) is 7.26. The van der Waals surface area contributed by atoms with Crippen molar-refractivity contribution < 1.29 is 18.3 Å². The highest BCUT2D eigenvalue weighted by molar-refractivity contribution is 4.96. The Morgan fingerprint density at radius 1 is 1.50 bits per heavy atom. The lowest BCUT2D eigenvalue weighted by Crippen LogP contribution is -2.43. The molecule has 1 fully saturated rings. The first kappa shape index (κ1) is 13.7. The third-order valence-corrected chi connectivity index (χ3v) is 3.30. The summed E-state index contributed by atoms with van der Waals surface area (Å²) in [6.45, 7) is -0.105. The van der Waals surface area contributed by atoms with Crippen molar-refractivity contribution in [3.05, 3.63) is 0 Å². The molecule has 0 aliphatic heterocycles. The normalized spacial score (nSPS) is 31.3. The van der Waals surface area contributed by atoms with E-state index in [1.807, 2.05) is 0 Å². The van der Waals surface area contributed by atoms with Crippen molar-refractivity contribution >= 4 is 0 Å². The summed E-state index contributed by atoms with van der Waals surface area (Å²) >= 11 is 0. The van der Waals surface area contributed by atoms with Gasteiger partial charge in [0, 0.05) is 18.1 Å². The fourth-order valence-electron chi connectivity index (χ4n) is 2.13. The van der Waals surface area contributed by atoms with Gasteiger partial charge in [-0.25, -0.2) is 0 Å². The molecule has 0 saturated heterocycles. The highest BCUT2D eigenvalue weighted by Crippen LogP contribution is 2.31. The molecule has 1 aliphatic rings. The number of nitrogens with zero attached hydrogens (tertiary/aromatic N) is 1. The van der Waals surface area contributed by atoms with Crippen LogP contribution in [0.5, 0.6) is 0 Å². The van der Waals surface area contributed by atoms with Gasteiger partial charge in [-0.2, -0.15) is 13.2 Å². The van der Waals surface area contributed by atoms with E-state index in [1.165, 1.54) is 0 Å². The summed E-state index contributed by atoms with van der Waals surface area (Å²) < 4.78 is 36.1. The molecule has 1 saturated carbocycles. The van der Waals surface area contributed by atoms with Crippen LogP contribution in [0.2, 0.25) is 0 Å². The highest BCUT2D eigenvalue weighted by Gasteiger charge is 2.37. The summed E-state index contributed by atoms with van der Waals surface area (Å²) in [4.78, 5) is 1.69. The highest BCUT2D eigenvalue weighted by atomic mass is 19.4. The predicted molar refractivity (Wildman–Crippen MR) is 54.9 cm³/mol. The Morgan fingerprint density at radius 3 is 2.56 bits per heavy atom. The predicted octanol–water partition coefficient (Wildman–Crippen LogP) is 1.11. The molecule has 2 atom stereocenters. The van der Waals surface area contributed by atoms with E-state index < -0.39 is 18.1 Å². The fraction of sp³-hybridized carbons (Fsp3) is 1.00. The molecule has 3 nitrogen and oxygen atoms in total. The van der Waals surface area contributed by atoms with Gasteiger partial charge in [0.2, 0.25) is 0 Å². The average molecular weight is 240 g/mol. The van der Waals surface area contributed by atoms with Crippen LogP contribution in [-0.2, 0) is 0 Å². The third kappa shape index (κ3) is 3.92. The summed E-state index contributed by atoms with van der Waals surface area (Å²) in [6.07, 6.45) is -2.91. The zero-order chi connectivity index (χ0) is 12.4. The smallest absolute Gasteiger partial charge is 0.390 e. The van der Waals surface area contributed by atoms with E-state index in [2.05, 4.69) is 0 Å². The van der Waals surface area contributed by atoms with E-state index >= 15 is 0 Å². The molecular formula is C10H19F3N2O. The molecule has 0 heterocycles. The summed E-state index contributed by atoms with van der Waals surface area (Å²) in [6, 6.07) is 0.0551. The molecule has 3 N–H and O–H groups in total. The maximum absolute atomic E-state index is 12.0. The molecule has 0 spiro atoms. The molecule has 0 amide bonds. The number of aliphatic hydroxyl groups excluding tert-OH is 1. The van der Waals surface area contributed by atoms with Crippen LogP contribution in [0.4, 0.5) is 13.2 Å². The van der Waals surface area contributed by atoms with E-state index in [0.29, 0.717) is 12.8 Å². The molecule has 1 aliphatic carbocycles. The van der Waals surface area contributed by atoms with Crippen LogP contribution >= 0.6 is 0 Å². The van der Waals surface area contributed by atoms with Gasteiger partial charge in [0.1, 0.15) is 0 Å². The van der Waals surface area contributed by atoms with Crippen LogP contribution < -0.4 is 5.73 Å². The quantitative estimate of drug-likeness (QED) is 0.774. The van der Waals surface area contributed by atoms with Gasteiger partial charge in [-0.3, -0.25) is 0 Å². The van der Waals surface area contributed by atoms with Crippen molar-refractivity contribution in [3.63, 3.8) is 0 Å². The number of hydrogen-bond acceptors (Lipinski definition) is 3. The number of nitrogens with two attached hydrogens (primary N) is 1. The molecule has 96 valence electrons. The van der Waals surface area contributed by atoms with Gasteiger partial charge in [-0.1, -0.05) is 0 Å². The maximum Gasteiger partial charge on any atom is 0.390 e. The van der Waals surface area contributed by atoms with Gasteiger partial charge in [-0.15, -0.1) is 0 Å². The molecule has 1 rings (SSSR count). The van der Waals surface area contributed by atoms with E-state index in [0.717, 1.165) is 6.42 Å². The Hall–Kier alpha value is -0.330. The summed E-state index contributed by atoms with van der Waals surface area (Å²) in [5.74, 6) is 0. The molecule has 16 heavy (non-hydrogen) atoms. The van der Waals surface area contributed by atoms with Crippen molar-refractivity contribution in [2.45, 2.75) is 43.4 Å². The van der Waals surface area contributed by atoms with Gasteiger partial charge in [-0.05, 0) is 26.3 Å². The fourth-order valence-corrected chi connectivity index (χ4v) is 2.13. The van der Waals surface area contributed by atoms with Crippen molar-refractivity contribution in [2.75, 3.05) is 20.2 Å². The second-order valence-corrected chi connectivity index (χ2v) is 4.76. The van der Waals surface area contributed by atoms with Gasteiger partial charge in [0.25, 0.3) is 0 Å². The monoisotopic (exact) mass is 240 g/mol. The molecule has 0 bridgehead atoms. The lowest BCUT2D eigenvalue weighted by atomic mass is 10.0. The molecular weight excluding hydrogens is 221 g/mol.